The average molecular weight is 278 g/mol. The van der Waals surface area contributed by atoms with Gasteiger partial charge in [-0.05, 0) is 44.0 Å². The number of hydrogen-bond donors (Lipinski definition) is 1. The van der Waals surface area contributed by atoms with E-state index in [1.807, 2.05) is 0 Å². The molecule has 1 saturated carbocycles. The molecule has 3 rings (SSSR count). The lowest BCUT2D eigenvalue weighted by Crippen LogP contribution is -2.60. The Bertz CT molecular complexity index is 431. The summed E-state index contributed by atoms with van der Waals surface area (Å²) < 4.78 is 0. The fraction of sp³-hybridized carbons (Fsp3) is 0.929. The van der Waals surface area contributed by atoms with Crippen molar-refractivity contribution in [3.05, 3.63) is 5.82 Å². The van der Waals surface area contributed by atoms with Crippen molar-refractivity contribution < 1.29 is 0 Å². The SMILES string of the molecule is Cn1nnc(CC(N)C2(N3CCCCC3)CCCC2)n1. The van der Waals surface area contributed by atoms with E-state index >= 15 is 0 Å². The quantitative estimate of drug-likeness (QED) is 0.885. The largest absolute Gasteiger partial charge is 0.326 e. The first-order valence-electron chi connectivity index (χ1n) is 7.94. The van der Waals surface area contributed by atoms with Gasteiger partial charge >= 0.3 is 0 Å². The van der Waals surface area contributed by atoms with Crippen molar-refractivity contribution in [1.29, 1.82) is 0 Å². The molecule has 6 nitrogen and oxygen atoms in total. The van der Waals surface area contributed by atoms with Crippen molar-refractivity contribution in [3.8, 4) is 0 Å². The number of rotatable bonds is 4. The van der Waals surface area contributed by atoms with Crippen molar-refractivity contribution in [2.24, 2.45) is 12.8 Å². The Morgan fingerprint density at radius 1 is 1.15 bits per heavy atom. The van der Waals surface area contributed by atoms with E-state index in [0.29, 0.717) is 0 Å². The van der Waals surface area contributed by atoms with Crippen molar-refractivity contribution >= 4 is 0 Å². The minimum atomic E-state index is 0.118. The molecule has 2 N–H and O–H groups in total. The van der Waals surface area contributed by atoms with E-state index < -0.39 is 0 Å². The maximum absolute atomic E-state index is 6.63. The molecule has 2 aliphatic rings. The van der Waals surface area contributed by atoms with Gasteiger partial charge in [-0.25, -0.2) is 0 Å². The highest BCUT2D eigenvalue weighted by molar-refractivity contribution is 5.05. The van der Waals surface area contributed by atoms with Gasteiger partial charge < -0.3 is 5.73 Å². The molecular weight excluding hydrogens is 252 g/mol. The second-order valence-corrected chi connectivity index (χ2v) is 6.36. The lowest BCUT2D eigenvalue weighted by molar-refractivity contribution is 0.0477. The normalized spacial score (nSPS) is 24.9. The van der Waals surface area contributed by atoms with Crippen LogP contribution in [0.3, 0.4) is 0 Å². The van der Waals surface area contributed by atoms with Gasteiger partial charge in [0.2, 0.25) is 0 Å². The first-order valence-corrected chi connectivity index (χ1v) is 7.94. The van der Waals surface area contributed by atoms with Gasteiger partial charge in [-0.15, -0.1) is 10.2 Å². The van der Waals surface area contributed by atoms with Gasteiger partial charge in [0.05, 0.1) is 7.05 Å². The summed E-state index contributed by atoms with van der Waals surface area (Å²) >= 11 is 0. The number of nitrogens with zero attached hydrogens (tertiary/aromatic N) is 5. The summed E-state index contributed by atoms with van der Waals surface area (Å²) in [6, 6.07) is 0.118. The molecule has 0 bridgehead atoms. The molecule has 2 fully saturated rings. The standard InChI is InChI=1S/C14H26N6/c1-19-17-13(16-18-19)11-12(15)14(7-3-4-8-14)20-9-5-2-6-10-20/h12H,2-11,15H2,1H3. The van der Waals surface area contributed by atoms with Crippen LogP contribution in [0.25, 0.3) is 0 Å². The third kappa shape index (κ3) is 2.59. The minimum Gasteiger partial charge on any atom is -0.326 e. The molecule has 20 heavy (non-hydrogen) atoms. The van der Waals surface area contributed by atoms with Gasteiger partial charge in [0.25, 0.3) is 0 Å². The van der Waals surface area contributed by atoms with E-state index in [1.54, 1.807) is 7.05 Å². The fourth-order valence-corrected chi connectivity index (χ4v) is 4.04. The predicted molar refractivity (Wildman–Crippen MR) is 77.1 cm³/mol. The van der Waals surface area contributed by atoms with Crippen molar-refractivity contribution in [1.82, 2.24) is 25.1 Å². The Hall–Kier alpha value is -1.01. The number of hydrogen-bond acceptors (Lipinski definition) is 5. The molecule has 0 radical (unpaired) electrons. The Morgan fingerprint density at radius 3 is 2.45 bits per heavy atom. The first kappa shape index (κ1) is 13.9. The average Bonchev–Trinajstić information content (AvgIpc) is 3.10. The van der Waals surface area contributed by atoms with Gasteiger partial charge in [-0.3, -0.25) is 4.90 Å². The Morgan fingerprint density at radius 2 is 1.85 bits per heavy atom. The van der Waals surface area contributed by atoms with E-state index in [0.717, 1.165) is 12.2 Å². The van der Waals surface area contributed by atoms with Crippen molar-refractivity contribution in [2.45, 2.75) is 62.9 Å². The molecule has 1 saturated heterocycles. The topological polar surface area (TPSA) is 72.9 Å². The Balaban J connectivity index is 1.75. The van der Waals surface area contributed by atoms with Crippen LogP contribution < -0.4 is 5.73 Å². The van der Waals surface area contributed by atoms with E-state index in [9.17, 15) is 0 Å². The third-order valence-electron chi connectivity index (χ3n) is 5.10. The van der Waals surface area contributed by atoms with Gasteiger partial charge in [-0.2, -0.15) is 4.80 Å². The van der Waals surface area contributed by atoms with Gasteiger partial charge in [0.15, 0.2) is 5.82 Å². The molecule has 1 aliphatic carbocycles. The Kier molecular flexibility index (Phi) is 4.03. The smallest absolute Gasteiger partial charge is 0.176 e. The Labute approximate surface area is 120 Å². The number of aryl methyl sites for hydroxylation is 1. The number of piperidine rings is 1. The summed E-state index contributed by atoms with van der Waals surface area (Å²) in [5.41, 5.74) is 6.81. The molecule has 1 aromatic rings. The number of tetrazole rings is 1. The van der Waals surface area contributed by atoms with Crippen LogP contribution in [-0.4, -0.2) is 49.8 Å². The van der Waals surface area contributed by atoms with Crippen molar-refractivity contribution in [3.63, 3.8) is 0 Å². The molecule has 0 aromatic carbocycles. The summed E-state index contributed by atoms with van der Waals surface area (Å²) in [6.07, 6.45) is 9.81. The van der Waals surface area contributed by atoms with Gasteiger partial charge in [-0.1, -0.05) is 19.3 Å². The highest BCUT2D eigenvalue weighted by atomic mass is 15.6. The minimum absolute atomic E-state index is 0.118. The number of aromatic nitrogens is 4. The number of nitrogens with two attached hydrogens (primary N) is 1. The monoisotopic (exact) mass is 278 g/mol. The van der Waals surface area contributed by atoms with Crippen LogP contribution in [-0.2, 0) is 13.5 Å². The lowest BCUT2D eigenvalue weighted by atomic mass is 9.83. The zero-order valence-corrected chi connectivity index (χ0v) is 12.5. The molecule has 1 atom stereocenters. The second-order valence-electron chi connectivity index (χ2n) is 6.36. The van der Waals surface area contributed by atoms with E-state index in [-0.39, 0.29) is 11.6 Å². The molecule has 1 aromatic heterocycles. The number of likely N-dealkylation sites (tertiary alicyclic amines) is 1. The maximum atomic E-state index is 6.63. The van der Waals surface area contributed by atoms with E-state index in [2.05, 4.69) is 20.3 Å². The van der Waals surface area contributed by atoms with E-state index in [4.69, 9.17) is 5.73 Å². The predicted octanol–water partition coefficient (Wildman–Crippen LogP) is 0.879. The third-order valence-corrected chi connectivity index (χ3v) is 5.10. The summed E-state index contributed by atoms with van der Waals surface area (Å²) in [4.78, 5) is 4.19. The first-order chi connectivity index (χ1) is 9.71. The molecule has 1 unspecified atom stereocenters. The zero-order chi connectivity index (χ0) is 14.0. The van der Waals surface area contributed by atoms with Crippen LogP contribution >= 0.6 is 0 Å². The second kappa shape index (κ2) is 5.77. The molecule has 2 heterocycles. The highest BCUT2D eigenvalue weighted by Crippen LogP contribution is 2.39. The highest BCUT2D eigenvalue weighted by Gasteiger charge is 2.44. The van der Waals surface area contributed by atoms with Crippen LogP contribution in [0, 0.1) is 0 Å². The van der Waals surface area contributed by atoms with Gasteiger partial charge in [0, 0.05) is 18.0 Å². The molecule has 0 spiro atoms. The summed E-state index contributed by atoms with van der Waals surface area (Å²) in [5.74, 6) is 0.781. The van der Waals surface area contributed by atoms with Crippen LogP contribution in [0.2, 0.25) is 0 Å². The molecular formula is C14H26N6. The molecule has 0 amide bonds. The van der Waals surface area contributed by atoms with Crippen LogP contribution in [0.4, 0.5) is 0 Å². The summed E-state index contributed by atoms with van der Waals surface area (Å²) in [7, 11) is 1.80. The van der Waals surface area contributed by atoms with E-state index in [1.165, 1.54) is 62.8 Å². The maximum Gasteiger partial charge on any atom is 0.176 e. The van der Waals surface area contributed by atoms with Crippen LogP contribution in [0.15, 0.2) is 0 Å². The molecule has 1 aliphatic heterocycles. The zero-order valence-electron chi connectivity index (χ0n) is 12.5. The fourth-order valence-electron chi connectivity index (χ4n) is 4.04. The molecule has 112 valence electrons. The van der Waals surface area contributed by atoms with Crippen LogP contribution in [0.5, 0.6) is 0 Å². The molecule has 6 heteroatoms. The van der Waals surface area contributed by atoms with Gasteiger partial charge in [0.1, 0.15) is 0 Å². The summed E-state index contributed by atoms with van der Waals surface area (Å²) in [5, 5.41) is 12.3. The summed E-state index contributed by atoms with van der Waals surface area (Å²) in [6.45, 7) is 2.42. The lowest BCUT2D eigenvalue weighted by Gasteiger charge is -2.47. The van der Waals surface area contributed by atoms with Crippen molar-refractivity contribution in [2.75, 3.05) is 13.1 Å². The van der Waals surface area contributed by atoms with Crippen LogP contribution in [0.1, 0.15) is 50.8 Å².